The molecule has 0 bridgehead atoms. The van der Waals surface area contributed by atoms with Crippen LogP contribution in [-0.4, -0.2) is 60.9 Å². The first-order valence-electron chi connectivity index (χ1n) is 9.74. The maximum Gasteiger partial charge on any atom is 0.222 e. The number of rotatable bonds is 7. The van der Waals surface area contributed by atoms with Gasteiger partial charge in [0.15, 0.2) is 5.96 Å². The number of nitrogens with one attached hydrogen (secondary N) is 3. The van der Waals surface area contributed by atoms with Gasteiger partial charge in [0.25, 0.3) is 0 Å². The quantitative estimate of drug-likeness (QED) is 0.294. The molecule has 2 amide bonds. The largest absolute Gasteiger partial charge is 0.357 e. The van der Waals surface area contributed by atoms with Crippen molar-refractivity contribution in [1.82, 2.24) is 20.9 Å². The van der Waals surface area contributed by atoms with Gasteiger partial charge >= 0.3 is 0 Å². The lowest BCUT2D eigenvalue weighted by molar-refractivity contribution is -0.129. The zero-order valence-corrected chi connectivity index (χ0v) is 18.4. The molecule has 1 aliphatic heterocycles. The van der Waals surface area contributed by atoms with Crippen molar-refractivity contribution in [1.29, 1.82) is 0 Å². The minimum absolute atomic E-state index is 0. The SMILES string of the molecule is CCNC(=NCCC(=O)NC1CCCC1)NC1CCN(C(=O)CC)C1.I. The zero-order valence-electron chi connectivity index (χ0n) is 16.1. The first-order valence-corrected chi connectivity index (χ1v) is 9.74. The lowest BCUT2D eigenvalue weighted by Crippen LogP contribution is -2.45. The molecular weight excluding hydrogens is 445 g/mol. The highest BCUT2D eigenvalue weighted by molar-refractivity contribution is 14.0. The summed E-state index contributed by atoms with van der Waals surface area (Å²) in [6, 6.07) is 0.587. The van der Waals surface area contributed by atoms with E-state index in [1.807, 2.05) is 18.7 Å². The number of carbonyl (C=O) groups is 2. The van der Waals surface area contributed by atoms with Crippen LogP contribution >= 0.6 is 24.0 Å². The van der Waals surface area contributed by atoms with Crippen molar-refractivity contribution in [2.45, 2.75) is 70.9 Å². The van der Waals surface area contributed by atoms with Gasteiger partial charge in [-0.15, -0.1) is 24.0 Å². The third-order valence-corrected chi connectivity index (χ3v) is 4.86. The predicted molar refractivity (Wildman–Crippen MR) is 115 cm³/mol. The molecule has 0 spiro atoms. The fraction of sp³-hybridized carbons (Fsp3) is 0.833. The van der Waals surface area contributed by atoms with Gasteiger partial charge in [0, 0.05) is 44.6 Å². The molecular formula is C18H34IN5O2. The summed E-state index contributed by atoms with van der Waals surface area (Å²) in [5, 5.41) is 9.69. The molecule has 1 aliphatic carbocycles. The van der Waals surface area contributed by atoms with E-state index in [1.165, 1.54) is 12.8 Å². The van der Waals surface area contributed by atoms with Gasteiger partial charge in [-0.25, -0.2) is 0 Å². The molecule has 150 valence electrons. The average Bonchev–Trinajstić information content (AvgIpc) is 3.26. The molecule has 7 nitrogen and oxygen atoms in total. The van der Waals surface area contributed by atoms with Crippen LogP contribution in [0.25, 0.3) is 0 Å². The molecule has 0 aromatic rings. The Morgan fingerprint density at radius 3 is 2.46 bits per heavy atom. The van der Waals surface area contributed by atoms with Crippen LogP contribution in [0.5, 0.6) is 0 Å². The zero-order chi connectivity index (χ0) is 18.1. The number of nitrogens with zero attached hydrogens (tertiary/aromatic N) is 2. The molecule has 1 unspecified atom stereocenters. The first-order chi connectivity index (χ1) is 12.1. The minimum Gasteiger partial charge on any atom is -0.357 e. The number of amides is 2. The topological polar surface area (TPSA) is 85.8 Å². The normalized spacial score (nSPS) is 20.6. The molecule has 2 fully saturated rings. The Hall–Kier alpha value is -1.06. The van der Waals surface area contributed by atoms with Crippen molar-refractivity contribution in [3.8, 4) is 0 Å². The van der Waals surface area contributed by atoms with Gasteiger partial charge in [-0.1, -0.05) is 19.8 Å². The fourth-order valence-electron chi connectivity index (χ4n) is 3.48. The molecule has 26 heavy (non-hydrogen) atoms. The second kappa shape index (κ2) is 12.3. The Morgan fingerprint density at radius 2 is 1.81 bits per heavy atom. The van der Waals surface area contributed by atoms with Crippen molar-refractivity contribution in [2.75, 3.05) is 26.2 Å². The molecule has 2 aliphatic rings. The van der Waals surface area contributed by atoms with E-state index in [0.29, 0.717) is 25.4 Å². The van der Waals surface area contributed by atoms with Crippen LogP contribution in [0.3, 0.4) is 0 Å². The van der Waals surface area contributed by atoms with Crippen LogP contribution in [-0.2, 0) is 9.59 Å². The van der Waals surface area contributed by atoms with Gasteiger partial charge < -0.3 is 20.9 Å². The van der Waals surface area contributed by atoms with Crippen LogP contribution in [0.2, 0.25) is 0 Å². The minimum atomic E-state index is 0. The number of likely N-dealkylation sites (tertiary alicyclic amines) is 1. The van der Waals surface area contributed by atoms with Crippen LogP contribution in [0.4, 0.5) is 0 Å². The highest BCUT2D eigenvalue weighted by Crippen LogP contribution is 2.17. The van der Waals surface area contributed by atoms with Crippen molar-refractivity contribution in [3.05, 3.63) is 0 Å². The van der Waals surface area contributed by atoms with E-state index in [0.717, 1.165) is 44.9 Å². The molecule has 2 rings (SSSR count). The number of halogens is 1. The van der Waals surface area contributed by atoms with E-state index in [4.69, 9.17) is 0 Å². The predicted octanol–water partition coefficient (Wildman–Crippen LogP) is 1.62. The van der Waals surface area contributed by atoms with Crippen LogP contribution in [0.1, 0.15) is 58.8 Å². The Labute approximate surface area is 174 Å². The second-order valence-corrected chi connectivity index (χ2v) is 6.88. The average molecular weight is 479 g/mol. The number of hydrogen-bond donors (Lipinski definition) is 3. The third kappa shape index (κ3) is 7.67. The molecule has 0 aromatic carbocycles. The van der Waals surface area contributed by atoms with Crippen molar-refractivity contribution >= 4 is 41.8 Å². The van der Waals surface area contributed by atoms with Gasteiger partial charge in [-0.2, -0.15) is 0 Å². The van der Waals surface area contributed by atoms with E-state index in [-0.39, 0.29) is 41.8 Å². The van der Waals surface area contributed by atoms with E-state index in [9.17, 15) is 9.59 Å². The second-order valence-electron chi connectivity index (χ2n) is 6.88. The van der Waals surface area contributed by atoms with Gasteiger partial charge in [0.1, 0.15) is 0 Å². The Balaban J connectivity index is 0.00000338. The van der Waals surface area contributed by atoms with Crippen LogP contribution < -0.4 is 16.0 Å². The first kappa shape index (κ1) is 23.0. The van der Waals surface area contributed by atoms with Crippen molar-refractivity contribution in [2.24, 2.45) is 4.99 Å². The lowest BCUT2D eigenvalue weighted by atomic mass is 10.2. The standard InChI is InChI=1S/C18H33N5O2.HI/c1-3-17(25)23-12-10-15(13-23)22-18(19-4-2)20-11-9-16(24)21-14-7-5-6-8-14;/h14-15H,3-13H2,1-2H3,(H,21,24)(H2,19,20,22);1H. The maximum absolute atomic E-state index is 12.0. The summed E-state index contributed by atoms with van der Waals surface area (Å²) in [5.74, 6) is 1.02. The van der Waals surface area contributed by atoms with Gasteiger partial charge in [-0.3, -0.25) is 14.6 Å². The lowest BCUT2D eigenvalue weighted by Gasteiger charge is -2.18. The molecule has 1 saturated heterocycles. The van der Waals surface area contributed by atoms with E-state index < -0.39 is 0 Å². The summed E-state index contributed by atoms with van der Waals surface area (Å²) < 4.78 is 0. The van der Waals surface area contributed by atoms with Crippen LogP contribution in [0.15, 0.2) is 4.99 Å². The number of guanidine groups is 1. The highest BCUT2D eigenvalue weighted by atomic mass is 127. The monoisotopic (exact) mass is 479 g/mol. The molecule has 1 saturated carbocycles. The Morgan fingerprint density at radius 1 is 1.08 bits per heavy atom. The number of carbonyl (C=O) groups excluding carboxylic acids is 2. The van der Waals surface area contributed by atoms with Crippen LogP contribution in [0, 0.1) is 0 Å². The third-order valence-electron chi connectivity index (χ3n) is 4.86. The summed E-state index contributed by atoms with van der Waals surface area (Å²) >= 11 is 0. The number of aliphatic imine (C=N–C) groups is 1. The molecule has 3 N–H and O–H groups in total. The Bertz CT molecular complexity index is 480. The van der Waals surface area contributed by atoms with E-state index in [2.05, 4.69) is 20.9 Å². The summed E-state index contributed by atoms with van der Waals surface area (Å²) in [6.07, 6.45) is 6.54. The molecule has 1 atom stereocenters. The Kier molecular flexibility index (Phi) is 10.9. The van der Waals surface area contributed by atoms with Gasteiger partial charge in [0.05, 0.1) is 6.54 Å². The summed E-state index contributed by atoms with van der Waals surface area (Å²) in [7, 11) is 0. The van der Waals surface area contributed by atoms with Crippen molar-refractivity contribution < 1.29 is 9.59 Å². The summed E-state index contributed by atoms with van der Waals surface area (Å²) in [4.78, 5) is 30.1. The highest BCUT2D eigenvalue weighted by Gasteiger charge is 2.25. The van der Waals surface area contributed by atoms with Gasteiger partial charge in [-0.05, 0) is 26.2 Å². The van der Waals surface area contributed by atoms with E-state index in [1.54, 1.807) is 0 Å². The molecule has 1 heterocycles. The number of hydrogen-bond acceptors (Lipinski definition) is 3. The summed E-state index contributed by atoms with van der Waals surface area (Å²) in [5.41, 5.74) is 0. The maximum atomic E-state index is 12.0. The molecule has 8 heteroatoms. The van der Waals surface area contributed by atoms with Gasteiger partial charge in [0.2, 0.25) is 11.8 Å². The summed E-state index contributed by atoms with van der Waals surface area (Å²) in [6.45, 7) is 6.67. The van der Waals surface area contributed by atoms with E-state index >= 15 is 0 Å². The smallest absolute Gasteiger partial charge is 0.222 e. The molecule has 0 radical (unpaired) electrons. The molecule has 0 aromatic heterocycles. The fourth-order valence-corrected chi connectivity index (χ4v) is 3.48. The van der Waals surface area contributed by atoms with Crippen molar-refractivity contribution in [3.63, 3.8) is 0 Å².